The van der Waals surface area contributed by atoms with Gasteiger partial charge in [-0.1, -0.05) is 0 Å². The minimum Gasteiger partial charge on any atom is -0.388 e. The molecular formula is C10H22O4. The van der Waals surface area contributed by atoms with Crippen molar-refractivity contribution in [1.82, 2.24) is 0 Å². The average molecular weight is 206 g/mol. The van der Waals surface area contributed by atoms with Crippen molar-refractivity contribution in [2.45, 2.75) is 32.5 Å². The van der Waals surface area contributed by atoms with Crippen molar-refractivity contribution in [2.24, 2.45) is 0 Å². The zero-order valence-electron chi connectivity index (χ0n) is 9.58. The smallest absolute Gasteiger partial charge is 0.101 e. The van der Waals surface area contributed by atoms with Gasteiger partial charge >= 0.3 is 0 Å². The van der Waals surface area contributed by atoms with E-state index in [4.69, 9.17) is 14.2 Å². The maximum Gasteiger partial charge on any atom is 0.101 e. The summed E-state index contributed by atoms with van der Waals surface area (Å²) in [6.45, 7) is 7.49. The molecule has 0 aliphatic rings. The maximum absolute atomic E-state index is 9.42. The molecule has 0 aromatic rings. The van der Waals surface area contributed by atoms with Gasteiger partial charge in [0.1, 0.15) is 6.10 Å². The molecule has 0 aromatic carbocycles. The van der Waals surface area contributed by atoms with Crippen molar-refractivity contribution in [1.29, 1.82) is 0 Å². The Labute approximate surface area is 86.2 Å². The SMILES string of the molecule is COCCOCC(O)COC(C)(C)C. The Morgan fingerprint density at radius 1 is 1.14 bits per heavy atom. The molecule has 0 aliphatic heterocycles. The minimum absolute atomic E-state index is 0.215. The predicted octanol–water partition coefficient (Wildman–Crippen LogP) is 0.825. The molecule has 86 valence electrons. The van der Waals surface area contributed by atoms with Gasteiger partial charge in [-0.05, 0) is 20.8 Å². The first kappa shape index (κ1) is 13.8. The van der Waals surface area contributed by atoms with E-state index in [0.717, 1.165) is 0 Å². The van der Waals surface area contributed by atoms with Crippen LogP contribution >= 0.6 is 0 Å². The molecule has 0 rings (SSSR count). The van der Waals surface area contributed by atoms with Crippen molar-refractivity contribution in [3.63, 3.8) is 0 Å². The van der Waals surface area contributed by atoms with E-state index in [9.17, 15) is 5.11 Å². The van der Waals surface area contributed by atoms with E-state index >= 15 is 0 Å². The Morgan fingerprint density at radius 3 is 2.29 bits per heavy atom. The van der Waals surface area contributed by atoms with Gasteiger partial charge in [0.05, 0.1) is 32.0 Å². The fourth-order valence-corrected chi connectivity index (χ4v) is 0.756. The van der Waals surface area contributed by atoms with E-state index in [1.807, 2.05) is 20.8 Å². The molecule has 0 spiro atoms. The van der Waals surface area contributed by atoms with Gasteiger partial charge in [-0.25, -0.2) is 0 Å². The van der Waals surface area contributed by atoms with Crippen molar-refractivity contribution in [2.75, 3.05) is 33.5 Å². The third kappa shape index (κ3) is 9.92. The third-order valence-electron chi connectivity index (χ3n) is 1.45. The number of hydrogen-bond donors (Lipinski definition) is 1. The van der Waals surface area contributed by atoms with Crippen LogP contribution in [0.2, 0.25) is 0 Å². The van der Waals surface area contributed by atoms with E-state index in [1.165, 1.54) is 0 Å². The zero-order chi connectivity index (χ0) is 11.0. The molecule has 0 saturated heterocycles. The fraction of sp³-hybridized carbons (Fsp3) is 1.00. The summed E-state index contributed by atoms with van der Waals surface area (Å²) in [5.74, 6) is 0. The summed E-state index contributed by atoms with van der Waals surface area (Å²) < 4.78 is 15.3. The lowest BCUT2D eigenvalue weighted by Gasteiger charge is -2.21. The first-order valence-corrected chi connectivity index (χ1v) is 4.84. The molecular weight excluding hydrogens is 184 g/mol. The van der Waals surface area contributed by atoms with Gasteiger partial charge in [-0.15, -0.1) is 0 Å². The van der Waals surface area contributed by atoms with E-state index < -0.39 is 6.10 Å². The minimum atomic E-state index is -0.564. The lowest BCUT2D eigenvalue weighted by molar-refractivity contribution is -0.0744. The molecule has 0 fully saturated rings. The Morgan fingerprint density at radius 2 is 1.79 bits per heavy atom. The Kier molecular flexibility index (Phi) is 7.09. The lowest BCUT2D eigenvalue weighted by atomic mass is 10.2. The van der Waals surface area contributed by atoms with Crippen molar-refractivity contribution in [3.8, 4) is 0 Å². The van der Waals surface area contributed by atoms with Crippen LogP contribution in [0.25, 0.3) is 0 Å². The van der Waals surface area contributed by atoms with Gasteiger partial charge in [0.2, 0.25) is 0 Å². The van der Waals surface area contributed by atoms with Crippen LogP contribution in [0.1, 0.15) is 20.8 Å². The van der Waals surface area contributed by atoms with Gasteiger partial charge in [0.25, 0.3) is 0 Å². The van der Waals surface area contributed by atoms with Gasteiger partial charge in [-0.3, -0.25) is 0 Å². The number of ether oxygens (including phenoxy) is 3. The zero-order valence-corrected chi connectivity index (χ0v) is 9.58. The quantitative estimate of drug-likeness (QED) is 0.627. The van der Waals surface area contributed by atoms with E-state index in [2.05, 4.69) is 0 Å². The van der Waals surface area contributed by atoms with Gasteiger partial charge < -0.3 is 19.3 Å². The van der Waals surface area contributed by atoms with Gasteiger partial charge in [0.15, 0.2) is 0 Å². The summed E-state index contributed by atoms with van der Waals surface area (Å²) in [6.07, 6.45) is -0.564. The molecule has 1 N–H and O–H groups in total. The van der Waals surface area contributed by atoms with Crippen LogP contribution in [0.3, 0.4) is 0 Å². The van der Waals surface area contributed by atoms with Crippen LogP contribution < -0.4 is 0 Å². The fourth-order valence-electron chi connectivity index (χ4n) is 0.756. The number of aliphatic hydroxyl groups excluding tert-OH is 1. The number of rotatable bonds is 7. The highest BCUT2D eigenvalue weighted by molar-refractivity contribution is 4.61. The van der Waals surface area contributed by atoms with E-state index in [0.29, 0.717) is 26.4 Å². The van der Waals surface area contributed by atoms with E-state index in [-0.39, 0.29) is 5.60 Å². The number of aliphatic hydroxyl groups is 1. The Bertz CT molecular complexity index is 131. The van der Waals surface area contributed by atoms with Crippen LogP contribution in [0.5, 0.6) is 0 Å². The standard InChI is InChI=1S/C10H22O4/c1-10(2,3)14-8-9(11)7-13-6-5-12-4/h9,11H,5-8H2,1-4H3. The first-order valence-electron chi connectivity index (χ1n) is 4.84. The summed E-state index contributed by atoms with van der Waals surface area (Å²) in [5, 5.41) is 9.42. The summed E-state index contributed by atoms with van der Waals surface area (Å²) in [7, 11) is 1.61. The highest BCUT2D eigenvalue weighted by Gasteiger charge is 2.13. The normalized spacial score (nSPS) is 14.4. The summed E-state index contributed by atoms with van der Waals surface area (Å²) in [4.78, 5) is 0. The summed E-state index contributed by atoms with van der Waals surface area (Å²) in [5.41, 5.74) is -0.215. The molecule has 0 bridgehead atoms. The number of hydrogen-bond acceptors (Lipinski definition) is 4. The second-order valence-electron chi connectivity index (χ2n) is 4.14. The molecule has 0 aromatic heterocycles. The maximum atomic E-state index is 9.42. The van der Waals surface area contributed by atoms with Crippen molar-refractivity contribution < 1.29 is 19.3 Å². The molecule has 4 nitrogen and oxygen atoms in total. The van der Waals surface area contributed by atoms with Crippen molar-refractivity contribution in [3.05, 3.63) is 0 Å². The van der Waals surface area contributed by atoms with Crippen LogP contribution in [0, 0.1) is 0 Å². The second kappa shape index (κ2) is 7.17. The molecule has 0 saturated carbocycles. The van der Waals surface area contributed by atoms with Crippen LogP contribution in [0.15, 0.2) is 0 Å². The third-order valence-corrected chi connectivity index (χ3v) is 1.45. The predicted molar refractivity (Wildman–Crippen MR) is 54.4 cm³/mol. The highest BCUT2D eigenvalue weighted by Crippen LogP contribution is 2.06. The summed E-state index contributed by atoms with van der Waals surface area (Å²) in [6, 6.07) is 0. The molecule has 14 heavy (non-hydrogen) atoms. The highest BCUT2D eigenvalue weighted by atomic mass is 16.5. The van der Waals surface area contributed by atoms with Crippen LogP contribution in [0.4, 0.5) is 0 Å². The summed E-state index contributed by atoms with van der Waals surface area (Å²) >= 11 is 0. The van der Waals surface area contributed by atoms with Crippen LogP contribution in [-0.2, 0) is 14.2 Å². The van der Waals surface area contributed by atoms with Gasteiger partial charge in [0, 0.05) is 7.11 Å². The topological polar surface area (TPSA) is 47.9 Å². The van der Waals surface area contributed by atoms with Gasteiger partial charge in [-0.2, -0.15) is 0 Å². The molecule has 0 aliphatic carbocycles. The second-order valence-corrected chi connectivity index (χ2v) is 4.14. The Hall–Kier alpha value is -0.160. The molecule has 4 heteroatoms. The lowest BCUT2D eigenvalue weighted by Crippen LogP contribution is -2.29. The molecule has 1 atom stereocenters. The molecule has 0 amide bonds. The van der Waals surface area contributed by atoms with E-state index in [1.54, 1.807) is 7.11 Å². The number of methoxy groups -OCH3 is 1. The first-order chi connectivity index (χ1) is 6.45. The molecule has 1 unspecified atom stereocenters. The average Bonchev–Trinajstić information content (AvgIpc) is 2.08. The van der Waals surface area contributed by atoms with Crippen molar-refractivity contribution >= 4 is 0 Å². The molecule has 0 radical (unpaired) electrons. The largest absolute Gasteiger partial charge is 0.388 e. The Balaban J connectivity index is 3.32. The monoisotopic (exact) mass is 206 g/mol. The molecule has 0 heterocycles. The van der Waals surface area contributed by atoms with Crippen LogP contribution in [-0.4, -0.2) is 50.3 Å².